The predicted molar refractivity (Wildman–Crippen MR) is 118 cm³/mol. The summed E-state index contributed by atoms with van der Waals surface area (Å²) in [5, 5.41) is 22.6. The van der Waals surface area contributed by atoms with Crippen LogP contribution >= 0.6 is 0 Å². The lowest BCUT2D eigenvalue weighted by molar-refractivity contribution is -0.143. The number of aliphatic carboxylic acids is 1. The number of benzene rings is 2. The van der Waals surface area contributed by atoms with Gasteiger partial charge in [-0.3, -0.25) is 4.79 Å². The Morgan fingerprint density at radius 1 is 1.00 bits per heavy atom. The molecule has 3 aromatic rings. The summed E-state index contributed by atoms with van der Waals surface area (Å²) < 4.78 is 42.8. The Bertz CT molecular complexity index is 1160. The predicted octanol–water partition coefficient (Wildman–Crippen LogP) is 5.84. The number of halogens is 3. The minimum Gasteiger partial charge on any atom is -0.507 e. The Labute approximate surface area is 188 Å². The number of nitrogens with zero attached hydrogens (tertiary/aromatic N) is 1. The fourth-order valence-electron chi connectivity index (χ4n) is 4.25. The number of aromatic nitrogens is 1. The van der Waals surface area contributed by atoms with Crippen LogP contribution in [-0.4, -0.2) is 27.7 Å². The number of anilines is 1. The van der Waals surface area contributed by atoms with Crippen molar-refractivity contribution in [2.75, 3.05) is 11.9 Å². The molecule has 1 aromatic heterocycles. The molecule has 0 saturated heterocycles. The fraction of sp³-hybridized carbons (Fsp3) is 0.280. The van der Waals surface area contributed by atoms with Crippen LogP contribution in [0.15, 0.2) is 48.5 Å². The molecule has 0 atom stereocenters. The smallest absolute Gasteiger partial charge is 0.306 e. The van der Waals surface area contributed by atoms with E-state index in [1.807, 2.05) is 0 Å². The number of phenols is 1. The number of pyridine rings is 1. The number of nitrogens with one attached hydrogen (secondary N) is 1. The lowest BCUT2D eigenvalue weighted by atomic mass is 9.82. The Hall–Kier alpha value is -3.55. The van der Waals surface area contributed by atoms with E-state index in [1.54, 1.807) is 0 Å². The summed E-state index contributed by atoms with van der Waals surface area (Å²) in [7, 11) is 0. The molecule has 172 valence electrons. The number of carboxylic acid groups (broad SMARTS) is 1. The van der Waals surface area contributed by atoms with E-state index in [0.717, 1.165) is 37.1 Å². The maximum absolute atomic E-state index is 14.5. The number of hydrogen-bond donors (Lipinski definition) is 3. The highest BCUT2D eigenvalue weighted by molar-refractivity contribution is 5.76. The SMILES string of the molecule is O=C(O)C1CCC(CNc2cc(-c3c(F)cccc3F)cc(-c3cc(F)ccc3O)n2)CC1. The van der Waals surface area contributed by atoms with Gasteiger partial charge in [0, 0.05) is 12.1 Å². The molecule has 0 amide bonds. The van der Waals surface area contributed by atoms with Gasteiger partial charge in [0.1, 0.15) is 29.0 Å². The van der Waals surface area contributed by atoms with Crippen LogP contribution in [0, 0.1) is 29.3 Å². The third-order valence-electron chi connectivity index (χ3n) is 6.08. The average molecular weight is 456 g/mol. The van der Waals surface area contributed by atoms with E-state index in [0.29, 0.717) is 25.2 Å². The highest BCUT2D eigenvalue weighted by Gasteiger charge is 2.26. The number of aromatic hydroxyl groups is 1. The molecule has 0 aliphatic heterocycles. The summed E-state index contributed by atoms with van der Waals surface area (Å²) in [5.74, 6) is -2.88. The van der Waals surface area contributed by atoms with Crippen LogP contribution in [0.3, 0.4) is 0 Å². The molecular formula is C25H23F3N2O3. The molecule has 1 aliphatic rings. The molecule has 3 N–H and O–H groups in total. The maximum atomic E-state index is 14.5. The van der Waals surface area contributed by atoms with Crippen LogP contribution in [0.2, 0.25) is 0 Å². The third kappa shape index (κ3) is 5.10. The van der Waals surface area contributed by atoms with E-state index >= 15 is 0 Å². The zero-order chi connectivity index (χ0) is 23.5. The summed E-state index contributed by atoms with van der Waals surface area (Å²) in [5.41, 5.74) is 0.196. The van der Waals surface area contributed by atoms with Crippen LogP contribution in [-0.2, 0) is 4.79 Å². The average Bonchev–Trinajstić information content (AvgIpc) is 2.79. The van der Waals surface area contributed by atoms with Gasteiger partial charge >= 0.3 is 5.97 Å². The molecule has 5 nitrogen and oxygen atoms in total. The molecule has 33 heavy (non-hydrogen) atoms. The van der Waals surface area contributed by atoms with E-state index < -0.39 is 23.4 Å². The molecule has 2 aromatic carbocycles. The summed E-state index contributed by atoms with van der Waals surface area (Å²) >= 11 is 0. The van der Waals surface area contributed by atoms with Crippen molar-refractivity contribution < 1.29 is 28.2 Å². The lowest BCUT2D eigenvalue weighted by Gasteiger charge is -2.26. The lowest BCUT2D eigenvalue weighted by Crippen LogP contribution is -2.25. The zero-order valence-corrected chi connectivity index (χ0v) is 17.7. The topological polar surface area (TPSA) is 82.5 Å². The van der Waals surface area contributed by atoms with Crippen LogP contribution < -0.4 is 5.32 Å². The summed E-state index contributed by atoms with van der Waals surface area (Å²) in [4.78, 5) is 15.6. The Morgan fingerprint density at radius 2 is 1.70 bits per heavy atom. The molecule has 0 spiro atoms. The van der Waals surface area contributed by atoms with Gasteiger partial charge in [0.15, 0.2) is 0 Å². The fourth-order valence-corrected chi connectivity index (χ4v) is 4.25. The van der Waals surface area contributed by atoms with Crippen LogP contribution in [0.1, 0.15) is 25.7 Å². The van der Waals surface area contributed by atoms with E-state index in [1.165, 1.54) is 24.3 Å². The zero-order valence-electron chi connectivity index (χ0n) is 17.7. The molecule has 4 rings (SSSR count). The minimum absolute atomic E-state index is 0.0959. The largest absolute Gasteiger partial charge is 0.507 e. The standard InChI is InChI=1S/C25H23F3N2O3/c26-17-8-9-22(31)18(12-17)21-10-16(24-19(27)2-1-3-20(24)28)11-23(30-21)29-13-14-4-6-15(7-5-14)25(32)33/h1-3,8-12,14-15,31H,4-7,13H2,(H,29,30)(H,32,33). The van der Waals surface area contributed by atoms with E-state index in [4.69, 9.17) is 5.11 Å². The molecule has 1 heterocycles. The first kappa shape index (κ1) is 22.6. The molecule has 8 heteroatoms. The first-order valence-electron chi connectivity index (χ1n) is 10.7. The highest BCUT2D eigenvalue weighted by Crippen LogP contribution is 2.35. The quantitative estimate of drug-likeness (QED) is 0.434. The van der Waals surface area contributed by atoms with Crippen molar-refractivity contribution in [1.82, 2.24) is 4.98 Å². The van der Waals surface area contributed by atoms with Crippen LogP contribution in [0.25, 0.3) is 22.4 Å². The second kappa shape index (κ2) is 9.52. The van der Waals surface area contributed by atoms with Crippen molar-refractivity contribution in [3.8, 4) is 28.1 Å². The van der Waals surface area contributed by atoms with E-state index in [-0.39, 0.29) is 40.0 Å². The van der Waals surface area contributed by atoms with Crippen molar-refractivity contribution in [1.29, 1.82) is 0 Å². The van der Waals surface area contributed by atoms with Gasteiger partial charge in [-0.1, -0.05) is 6.07 Å². The molecule has 1 fully saturated rings. The molecule has 0 unspecified atom stereocenters. The number of carbonyl (C=O) groups is 1. The molecule has 0 bridgehead atoms. The highest BCUT2D eigenvalue weighted by atomic mass is 19.1. The molecule has 0 radical (unpaired) electrons. The Morgan fingerprint density at radius 3 is 2.36 bits per heavy atom. The number of phenolic OH excluding ortho intramolecular Hbond substituents is 1. The van der Waals surface area contributed by atoms with Gasteiger partial charge in [-0.05, 0) is 79.6 Å². The van der Waals surface area contributed by atoms with Crippen molar-refractivity contribution >= 4 is 11.8 Å². The van der Waals surface area contributed by atoms with Crippen molar-refractivity contribution in [3.63, 3.8) is 0 Å². The molecule has 1 saturated carbocycles. The second-order valence-corrected chi connectivity index (χ2v) is 8.32. The normalized spacial score (nSPS) is 18.2. The first-order valence-corrected chi connectivity index (χ1v) is 10.7. The van der Waals surface area contributed by atoms with Crippen molar-refractivity contribution in [3.05, 3.63) is 66.0 Å². The van der Waals surface area contributed by atoms with E-state index in [9.17, 15) is 23.1 Å². The summed E-state index contributed by atoms with van der Waals surface area (Å²) in [6, 6.07) is 9.86. The first-order chi connectivity index (χ1) is 15.8. The summed E-state index contributed by atoms with van der Waals surface area (Å²) in [6.45, 7) is 0.497. The van der Waals surface area contributed by atoms with Gasteiger partial charge in [0.2, 0.25) is 0 Å². The Kier molecular flexibility index (Phi) is 6.53. The second-order valence-electron chi connectivity index (χ2n) is 8.32. The van der Waals surface area contributed by atoms with Crippen molar-refractivity contribution in [2.24, 2.45) is 11.8 Å². The number of rotatable bonds is 6. The Balaban J connectivity index is 1.66. The van der Waals surface area contributed by atoms with E-state index in [2.05, 4.69) is 10.3 Å². The third-order valence-corrected chi connectivity index (χ3v) is 6.08. The van der Waals surface area contributed by atoms with Gasteiger partial charge in [-0.25, -0.2) is 18.2 Å². The van der Waals surface area contributed by atoms with Gasteiger partial charge < -0.3 is 15.5 Å². The van der Waals surface area contributed by atoms with Gasteiger partial charge in [0.05, 0.1) is 17.2 Å². The summed E-state index contributed by atoms with van der Waals surface area (Å²) in [6.07, 6.45) is 2.67. The van der Waals surface area contributed by atoms with Gasteiger partial charge in [0.25, 0.3) is 0 Å². The van der Waals surface area contributed by atoms with Crippen LogP contribution in [0.5, 0.6) is 5.75 Å². The molecular weight excluding hydrogens is 433 g/mol. The minimum atomic E-state index is -0.776. The maximum Gasteiger partial charge on any atom is 0.306 e. The van der Waals surface area contributed by atoms with Gasteiger partial charge in [-0.15, -0.1) is 0 Å². The monoisotopic (exact) mass is 456 g/mol. The number of carboxylic acids is 1. The molecule has 1 aliphatic carbocycles. The van der Waals surface area contributed by atoms with Crippen molar-refractivity contribution in [2.45, 2.75) is 25.7 Å². The number of hydrogen-bond acceptors (Lipinski definition) is 4. The van der Waals surface area contributed by atoms with Crippen LogP contribution in [0.4, 0.5) is 19.0 Å². The van der Waals surface area contributed by atoms with Gasteiger partial charge in [-0.2, -0.15) is 0 Å².